The van der Waals surface area contributed by atoms with Crippen LogP contribution in [-0.4, -0.2) is 11.0 Å². The molecule has 0 bridgehead atoms. The van der Waals surface area contributed by atoms with Crippen molar-refractivity contribution in [2.45, 2.75) is 0 Å². The summed E-state index contributed by atoms with van der Waals surface area (Å²) in [7, 11) is 0. The lowest BCUT2D eigenvalue weighted by Crippen LogP contribution is -0.381. The van der Waals surface area contributed by atoms with E-state index in [1.54, 1.807) is 0 Å². The van der Waals surface area contributed by atoms with E-state index >= 15 is 0 Å². The lowest BCUT2D eigenvalue weighted by atomic mass is 28.1. The molecule has 40 valence electrons. The van der Waals surface area contributed by atoms with Crippen LogP contribution in [0, 0.1) is 0 Å². The average Bonchev–Trinajstić information content (AvgIpc) is 0. The third-order valence-corrected chi connectivity index (χ3v) is 0. The molecule has 0 aromatic heterocycles. The maximum atomic E-state index is 0. The van der Waals surface area contributed by atoms with Gasteiger partial charge < -0.3 is 0 Å². The van der Waals surface area contributed by atoms with Gasteiger partial charge in [-0.1, -0.05) is 0 Å². The van der Waals surface area contributed by atoms with Crippen molar-refractivity contribution in [2.24, 2.45) is 0 Å². The molecule has 0 aliphatic heterocycles. The molecule has 5 heavy (non-hydrogen) atoms. The van der Waals surface area contributed by atoms with Crippen LogP contribution < -0.4 is 0 Å². The van der Waals surface area contributed by atoms with Crippen LogP contribution in [0.25, 0.3) is 0 Å². The zero-order valence-corrected chi connectivity index (χ0v) is 7.31. The molecule has 0 radical (unpaired) electrons. The van der Waals surface area contributed by atoms with Crippen LogP contribution in [0.1, 0.15) is 0 Å². The third-order valence-electron chi connectivity index (χ3n) is 0. The van der Waals surface area contributed by atoms with Crippen molar-refractivity contribution in [3.05, 3.63) is 0 Å². The van der Waals surface area contributed by atoms with Crippen molar-refractivity contribution in [1.29, 1.82) is 0 Å². The van der Waals surface area contributed by atoms with Gasteiger partial charge in [0.05, 0.1) is 0 Å². The summed E-state index contributed by atoms with van der Waals surface area (Å²) in [6, 6.07) is 0. The van der Waals surface area contributed by atoms with Crippen LogP contribution >= 0.6 is 65.8 Å². The molecule has 0 aromatic carbocycles. The molecule has 0 aliphatic carbocycles. The van der Waals surface area contributed by atoms with E-state index in [0.29, 0.717) is 0 Å². The molecule has 5 heteroatoms. The highest BCUT2D eigenvalue weighted by atomic mass is 127. The summed E-state index contributed by atoms with van der Waals surface area (Å²) in [6.07, 6.45) is 0. The van der Waals surface area contributed by atoms with Gasteiger partial charge in [-0.2, -0.15) is 0 Å². The van der Waals surface area contributed by atoms with Crippen molar-refractivity contribution < 1.29 is 0 Å². The molecule has 0 saturated carbocycles. The van der Waals surface area contributed by atoms with Crippen LogP contribution in [-0.2, 0) is 0 Å². The molecule has 0 amide bonds. The smallest absolute Gasteiger partial charge is 0.0149 e. The van der Waals surface area contributed by atoms with Crippen molar-refractivity contribution in [1.82, 2.24) is 0 Å². The van der Waals surface area contributed by atoms with Crippen molar-refractivity contribution in [2.75, 3.05) is 0 Å². The standard InChI is InChI=1S/BrH.2ClH.HI.H4Si/h4*1H;1H4. The second-order valence-corrected chi connectivity index (χ2v) is 0. The molecule has 0 nitrogen and oxygen atoms in total. The Morgan fingerprint density at radius 2 is 0.800 bits per heavy atom. The van der Waals surface area contributed by atoms with Gasteiger partial charge in [0.1, 0.15) is 0 Å². The largest absolute Gasteiger partial charge is 0.147 e. The van der Waals surface area contributed by atoms with Gasteiger partial charge in [-0.05, 0) is 11.0 Å². The molecule has 0 atom stereocenters. The van der Waals surface area contributed by atoms with Crippen molar-refractivity contribution in [3.63, 3.8) is 0 Å². The molecule has 0 N–H and O–H groups in total. The highest BCUT2D eigenvalue weighted by Gasteiger charge is -0.0148. The van der Waals surface area contributed by atoms with Gasteiger partial charge in [-0.25, -0.2) is 0 Å². The summed E-state index contributed by atoms with van der Waals surface area (Å²) in [4.78, 5) is 0. The summed E-state index contributed by atoms with van der Waals surface area (Å²) in [6.45, 7) is 0. The molecule has 0 spiro atoms. The molecular weight excluding hydrogens is 306 g/mol. The van der Waals surface area contributed by atoms with E-state index in [9.17, 15) is 0 Å². The summed E-state index contributed by atoms with van der Waals surface area (Å²) < 4.78 is 0. The van der Waals surface area contributed by atoms with Crippen LogP contribution in [0.2, 0.25) is 0 Å². The van der Waals surface area contributed by atoms with Gasteiger partial charge in [0, 0.05) is 0 Å². The summed E-state index contributed by atoms with van der Waals surface area (Å²) in [5, 5.41) is 0. The average molecular weight is 314 g/mol. The Balaban J connectivity index is 0. The Morgan fingerprint density at radius 1 is 0.800 bits per heavy atom. The van der Waals surface area contributed by atoms with Crippen LogP contribution in [0.5, 0.6) is 0 Å². The monoisotopic (exact) mass is 312 g/mol. The van der Waals surface area contributed by atoms with Gasteiger partial charge in [0.2, 0.25) is 0 Å². The van der Waals surface area contributed by atoms with Gasteiger partial charge in [0.25, 0.3) is 0 Å². The Hall–Kier alpha value is 2.01. The highest BCUT2D eigenvalue weighted by molar-refractivity contribution is 14.0. The van der Waals surface area contributed by atoms with E-state index in [1.807, 2.05) is 0 Å². The molecule has 0 aromatic rings. The molecule has 0 rings (SSSR count). The summed E-state index contributed by atoms with van der Waals surface area (Å²) >= 11 is 0. The zero-order valence-electron chi connectivity index (χ0n) is 1.63. The molecule has 0 heterocycles. The van der Waals surface area contributed by atoms with Crippen LogP contribution in [0.15, 0.2) is 0 Å². The second kappa shape index (κ2) is 37.4. The predicted octanol–water partition coefficient (Wildman–Crippen LogP) is 0.588. The fourth-order valence-corrected chi connectivity index (χ4v) is 0. The first kappa shape index (κ1) is 62.8. The lowest BCUT2D eigenvalue weighted by Gasteiger charge is -0.148. The maximum absolute atomic E-state index is 0. The number of hydrogen-bond acceptors (Lipinski definition) is 0. The first-order valence-corrected chi connectivity index (χ1v) is 0. The van der Waals surface area contributed by atoms with Crippen LogP contribution in [0.3, 0.4) is 0 Å². The number of rotatable bonds is 0. The number of halogens is 4. The van der Waals surface area contributed by atoms with E-state index in [0.717, 1.165) is 0 Å². The fraction of sp³-hybridized carbons (Fsp3) is 0. The molecule has 0 saturated heterocycles. The van der Waals surface area contributed by atoms with Crippen molar-refractivity contribution >= 4 is 76.7 Å². The second-order valence-electron chi connectivity index (χ2n) is 0. The minimum atomic E-state index is 0. The fourth-order valence-electron chi connectivity index (χ4n) is 0. The summed E-state index contributed by atoms with van der Waals surface area (Å²) in [5.41, 5.74) is 0. The van der Waals surface area contributed by atoms with Gasteiger partial charge in [-0.3, -0.25) is 0 Å². The van der Waals surface area contributed by atoms with Crippen molar-refractivity contribution in [3.8, 4) is 0 Å². The normalized spacial score (nSPS) is 0. The van der Waals surface area contributed by atoms with Gasteiger partial charge in [-0.15, -0.1) is 65.8 Å². The van der Waals surface area contributed by atoms with Gasteiger partial charge >= 0.3 is 0 Å². The van der Waals surface area contributed by atoms with E-state index < -0.39 is 0 Å². The highest BCUT2D eigenvalue weighted by Crippen LogP contribution is 0.886. The minimum absolute atomic E-state index is 0. The zero-order chi connectivity index (χ0) is 0. The Kier molecular flexibility index (Phi) is 469. The topological polar surface area (TPSA) is 0 Å². The first-order chi connectivity index (χ1) is 0. The molecular formula is H8BrCl2ISi. The quantitative estimate of drug-likeness (QED) is 0.453. The molecule has 0 unspecified atom stereocenters. The maximum Gasteiger partial charge on any atom is -0.0149 e. The van der Waals surface area contributed by atoms with E-state index in [1.165, 1.54) is 0 Å². The molecule has 0 aliphatic rings. The SMILES string of the molecule is Br.Cl.Cl.I.[SiH4]. The minimum Gasteiger partial charge on any atom is -0.147 e. The number of hydrogen-bond donors (Lipinski definition) is 0. The Morgan fingerprint density at radius 3 is 0.800 bits per heavy atom. The van der Waals surface area contributed by atoms with Gasteiger partial charge in [0.15, 0.2) is 0 Å². The van der Waals surface area contributed by atoms with E-state index in [2.05, 4.69) is 0 Å². The Labute approximate surface area is 76.1 Å². The van der Waals surface area contributed by atoms with E-state index in [-0.39, 0.29) is 76.7 Å². The Bertz CT molecular complexity index is 9.61. The van der Waals surface area contributed by atoms with E-state index in [4.69, 9.17) is 0 Å². The molecule has 0 fully saturated rings. The predicted molar refractivity (Wildman–Crippen MR) is 51.6 cm³/mol. The van der Waals surface area contributed by atoms with Crippen LogP contribution in [0.4, 0.5) is 0 Å². The lowest BCUT2D eigenvalue weighted by molar-refractivity contribution is 5.75. The third kappa shape index (κ3) is 23.9. The summed E-state index contributed by atoms with van der Waals surface area (Å²) in [5.74, 6) is 0. The first-order valence-electron chi connectivity index (χ1n) is 0.